The molecule has 0 amide bonds. The molecule has 0 saturated heterocycles. The maximum absolute atomic E-state index is 12.0. The van der Waals surface area contributed by atoms with Gasteiger partial charge >= 0.3 is 0 Å². The Morgan fingerprint density at radius 1 is 1.06 bits per heavy atom. The summed E-state index contributed by atoms with van der Waals surface area (Å²) in [6.07, 6.45) is 0.969. The maximum atomic E-state index is 12.0. The van der Waals surface area contributed by atoms with Crippen LogP contribution in [0.2, 0.25) is 0 Å². The van der Waals surface area contributed by atoms with E-state index in [2.05, 4.69) is 0 Å². The van der Waals surface area contributed by atoms with Gasteiger partial charge in [0, 0.05) is 33.9 Å². The molecule has 0 spiro atoms. The lowest BCUT2D eigenvalue weighted by Crippen LogP contribution is -2.38. The predicted octanol–water partition coefficient (Wildman–Crippen LogP) is -0.316. The lowest BCUT2D eigenvalue weighted by atomic mass is 10.4. The van der Waals surface area contributed by atoms with Gasteiger partial charge in [0.15, 0.2) is 0 Å². The first-order valence-electron chi connectivity index (χ1n) is 5.65. The van der Waals surface area contributed by atoms with Gasteiger partial charge in [0.25, 0.3) is 0 Å². The van der Waals surface area contributed by atoms with E-state index < -0.39 is 10.0 Å². The van der Waals surface area contributed by atoms with Crippen molar-refractivity contribution in [1.29, 1.82) is 0 Å². The molecular weight excluding hydrogens is 246 g/mol. The fraction of sp³-hybridized carbons (Fsp3) is 1.00. The van der Waals surface area contributed by atoms with Crippen molar-refractivity contribution in [2.45, 2.75) is 12.8 Å². The molecule has 0 rings (SSSR count). The summed E-state index contributed by atoms with van der Waals surface area (Å²) < 4.78 is 35.0. The highest BCUT2D eigenvalue weighted by Gasteiger charge is 2.20. The number of hydrogen-bond donors (Lipinski definition) is 1. The molecule has 0 aromatic heterocycles. The molecule has 0 aliphatic heterocycles. The Morgan fingerprint density at radius 3 is 2.00 bits per heavy atom. The van der Waals surface area contributed by atoms with Gasteiger partial charge in [0.2, 0.25) is 10.0 Å². The molecule has 0 unspecified atom stereocenters. The molecule has 1 N–H and O–H groups in total. The number of ether oxygens (including phenoxy) is 2. The number of aliphatic hydroxyl groups excluding tert-OH is 1. The molecule has 0 radical (unpaired) electrons. The van der Waals surface area contributed by atoms with Gasteiger partial charge in [-0.05, 0) is 12.8 Å². The third-order valence-electron chi connectivity index (χ3n) is 2.29. The van der Waals surface area contributed by atoms with E-state index in [-0.39, 0.29) is 12.4 Å². The van der Waals surface area contributed by atoms with E-state index in [0.29, 0.717) is 39.1 Å². The summed E-state index contributed by atoms with van der Waals surface area (Å²) in [6, 6.07) is 0. The van der Waals surface area contributed by atoms with Crippen LogP contribution in [0, 0.1) is 0 Å². The number of sulfonamides is 1. The van der Waals surface area contributed by atoms with E-state index in [1.165, 1.54) is 18.5 Å². The van der Waals surface area contributed by atoms with E-state index in [4.69, 9.17) is 14.6 Å². The van der Waals surface area contributed by atoms with E-state index in [9.17, 15) is 8.42 Å². The highest BCUT2D eigenvalue weighted by molar-refractivity contribution is 7.89. The molecule has 7 heteroatoms. The Bertz CT molecular complexity index is 260. The van der Waals surface area contributed by atoms with Crippen LogP contribution in [0.4, 0.5) is 0 Å². The lowest BCUT2D eigenvalue weighted by Gasteiger charge is -2.21. The molecular formula is C10H23NO5S. The zero-order chi connectivity index (χ0) is 13.1. The Hall–Kier alpha value is -0.210. The molecule has 0 fully saturated rings. The first-order valence-corrected chi connectivity index (χ1v) is 7.26. The van der Waals surface area contributed by atoms with Crippen molar-refractivity contribution in [1.82, 2.24) is 4.31 Å². The van der Waals surface area contributed by atoms with Gasteiger partial charge in [0.1, 0.15) is 0 Å². The van der Waals surface area contributed by atoms with Crippen LogP contribution in [0.25, 0.3) is 0 Å². The molecule has 0 aromatic carbocycles. The summed E-state index contributed by atoms with van der Waals surface area (Å²) in [6.45, 7) is 1.42. The van der Waals surface area contributed by atoms with Gasteiger partial charge in [-0.2, -0.15) is 4.31 Å². The third kappa shape index (κ3) is 7.67. The number of hydrogen-bond acceptors (Lipinski definition) is 5. The zero-order valence-electron chi connectivity index (χ0n) is 10.6. The second kappa shape index (κ2) is 9.78. The molecule has 0 bridgehead atoms. The fourth-order valence-corrected chi connectivity index (χ4v) is 2.83. The number of rotatable bonds is 11. The monoisotopic (exact) mass is 269 g/mol. The molecule has 0 saturated carbocycles. The number of unbranched alkanes of at least 4 members (excludes halogenated alkanes) is 1. The predicted molar refractivity (Wildman–Crippen MR) is 65.4 cm³/mol. The summed E-state index contributed by atoms with van der Waals surface area (Å²) >= 11 is 0. The van der Waals surface area contributed by atoms with Crippen LogP contribution in [0.15, 0.2) is 0 Å². The topological polar surface area (TPSA) is 76.1 Å². The van der Waals surface area contributed by atoms with E-state index in [0.717, 1.165) is 0 Å². The Morgan fingerprint density at radius 2 is 1.59 bits per heavy atom. The largest absolute Gasteiger partial charge is 0.396 e. The number of aliphatic hydroxyl groups is 1. The van der Waals surface area contributed by atoms with Gasteiger partial charge in [-0.1, -0.05) is 0 Å². The molecule has 0 aliphatic rings. The second-order valence-electron chi connectivity index (χ2n) is 3.63. The summed E-state index contributed by atoms with van der Waals surface area (Å²) in [5.74, 6) is 0.0565. The molecule has 0 heterocycles. The van der Waals surface area contributed by atoms with Crippen molar-refractivity contribution < 1.29 is 23.0 Å². The number of nitrogens with zero attached hydrogens (tertiary/aromatic N) is 1. The summed E-state index contributed by atoms with van der Waals surface area (Å²) in [5, 5.41) is 8.64. The van der Waals surface area contributed by atoms with Crippen molar-refractivity contribution in [2.75, 3.05) is 52.9 Å². The van der Waals surface area contributed by atoms with Crippen LogP contribution in [-0.2, 0) is 19.5 Å². The van der Waals surface area contributed by atoms with Crippen molar-refractivity contribution in [3.8, 4) is 0 Å². The Balaban J connectivity index is 4.30. The van der Waals surface area contributed by atoms with Crippen molar-refractivity contribution in [3.05, 3.63) is 0 Å². The van der Waals surface area contributed by atoms with Crippen LogP contribution >= 0.6 is 0 Å². The highest BCUT2D eigenvalue weighted by Crippen LogP contribution is 2.05. The number of methoxy groups -OCH3 is 2. The quantitative estimate of drug-likeness (QED) is 0.520. The summed E-state index contributed by atoms with van der Waals surface area (Å²) in [7, 11) is -0.208. The standard InChI is InChI=1S/C10H23NO5S/c1-15-8-5-11(6-9-16-2)17(13,14)10-4-3-7-12/h12H,3-10H2,1-2H3. The highest BCUT2D eigenvalue weighted by atomic mass is 32.2. The minimum absolute atomic E-state index is 0.0195. The molecule has 0 atom stereocenters. The molecule has 17 heavy (non-hydrogen) atoms. The lowest BCUT2D eigenvalue weighted by molar-refractivity contribution is 0.150. The van der Waals surface area contributed by atoms with Gasteiger partial charge < -0.3 is 14.6 Å². The van der Waals surface area contributed by atoms with Gasteiger partial charge in [-0.15, -0.1) is 0 Å². The Kier molecular flexibility index (Phi) is 9.66. The van der Waals surface area contributed by atoms with Crippen LogP contribution in [0.3, 0.4) is 0 Å². The Labute approximate surface area is 104 Å². The zero-order valence-corrected chi connectivity index (χ0v) is 11.4. The average molecular weight is 269 g/mol. The average Bonchev–Trinajstić information content (AvgIpc) is 2.29. The van der Waals surface area contributed by atoms with Crippen LogP contribution in [0.5, 0.6) is 0 Å². The maximum Gasteiger partial charge on any atom is 0.214 e. The van der Waals surface area contributed by atoms with E-state index >= 15 is 0 Å². The van der Waals surface area contributed by atoms with Gasteiger partial charge in [-0.3, -0.25) is 0 Å². The van der Waals surface area contributed by atoms with Gasteiger partial charge in [0.05, 0.1) is 19.0 Å². The summed E-state index contributed by atoms with van der Waals surface area (Å²) in [4.78, 5) is 0. The minimum Gasteiger partial charge on any atom is -0.396 e. The fourth-order valence-electron chi connectivity index (χ4n) is 1.30. The van der Waals surface area contributed by atoms with E-state index in [1.807, 2.05) is 0 Å². The molecule has 0 aliphatic carbocycles. The first-order chi connectivity index (χ1) is 8.08. The van der Waals surface area contributed by atoms with Crippen molar-refractivity contribution in [2.24, 2.45) is 0 Å². The molecule has 6 nitrogen and oxygen atoms in total. The van der Waals surface area contributed by atoms with Crippen LogP contribution in [0.1, 0.15) is 12.8 Å². The molecule has 104 valence electrons. The SMILES string of the molecule is COCCN(CCOC)S(=O)(=O)CCCCO. The summed E-state index contributed by atoms with van der Waals surface area (Å²) in [5.41, 5.74) is 0. The molecule has 0 aromatic rings. The van der Waals surface area contributed by atoms with Crippen molar-refractivity contribution in [3.63, 3.8) is 0 Å². The normalized spacial score (nSPS) is 12.2. The third-order valence-corrected chi connectivity index (χ3v) is 4.25. The van der Waals surface area contributed by atoms with Crippen LogP contribution < -0.4 is 0 Å². The van der Waals surface area contributed by atoms with Crippen molar-refractivity contribution >= 4 is 10.0 Å². The second-order valence-corrected chi connectivity index (χ2v) is 5.72. The smallest absolute Gasteiger partial charge is 0.214 e. The minimum atomic E-state index is -3.28. The van der Waals surface area contributed by atoms with E-state index in [1.54, 1.807) is 0 Å². The van der Waals surface area contributed by atoms with Crippen LogP contribution in [-0.4, -0.2) is 70.7 Å². The first kappa shape index (κ1) is 16.8. The van der Waals surface area contributed by atoms with Gasteiger partial charge in [-0.25, -0.2) is 8.42 Å².